The van der Waals surface area contributed by atoms with Crippen LogP contribution in [0, 0.1) is 22.1 Å². The molecule has 0 fully saturated rings. The van der Waals surface area contributed by atoms with E-state index in [2.05, 4.69) is 38.5 Å². The molecule has 1 nitrogen and oxygen atoms in total. The van der Waals surface area contributed by atoms with Crippen molar-refractivity contribution in [1.82, 2.24) is 0 Å². The van der Waals surface area contributed by atoms with E-state index in [9.17, 15) is 8.78 Å². The molecule has 100 valence electrons. The summed E-state index contributed by atoms with van der Waals surface area (Å²) >= 11 is 5.54. The fourth-order valence-electron chi connectivity index (χ4n) is 1.82. The highest BCUT2D eigenvalue weighted by Crippen LogP contribution is 2.30. The third-order valence-electron chi connectivity index (χ3n) is 2.93. The fraction of sp³-hybridized carbons (Fsp3) is 0.143. The van der Waals surface area contributed by atoms with Gasteiger partial charge in [-0.3, -0.25) is 0 Å². The molecule has 19 heavy (non-hydrogen) atoms. The minimum Gasteiger partial charge on any atom is -0.320 e. The van der Waals surface area contributed by atoms with Crippen LogP contribution >= 0.6 is 38.5 Å². The van der Waals surface area contributed by atoms with Gasteiger partial charge in [-0.1, -0.05) is 28.1 Å². The van der Waals surface area contributed by atoms with Gasteiger partial charge >= 0.3 is 0 Å². The summed E-state index contributed by atoms with van der Waals surface area (Å²) in [5, 5.41) is 0. The van der Waals surface area contributed by atoms with E-state index in [-0.39, 0.29) is 11.1 Å². The molecule has 0 aliphatic rings. The molecule has 1 atom stereocenters. The number of hydrogen-bond donors (Lipinski definition) is 1. The number of rotatable bonds is 2. The van der Waals surface area contributed by atoms with Gasteiger partial charge < -0.3 is 5.73 Å². The number of halogens is 4. The summed E-state index contributed by atoms with van der Waals surface area (Å²) in [4.78, 5) is 0. The first-order valence-electron chi connectivity index (χ1n) is 5.57. The molecule has 5 heteroatoms. The van der Waals surface area contributed by atoms with Crippen LogP contribution in [0.4, 0.5) is 8.78 Å². The van der Waals surface area contributed by atoms with Crippen LogP contribution in [0.3, 0.4) is 0 Å². The van der Waals surface area contributed by atoms with Crippen LogP contribution in [0.15, 0.2) is 34.8 Å². The zero-order valence-corrected chi connectivity index (χ0v) is 13.8. The van der Waals surface area contributed by atoms with Crippen LogP contribution in [0.5, 0.6) is 0 Å². The Morgan fingerprint density at radius 3 is 2.47 bits per heavy atom. The topological polar surface area (TPSA) is 26.0 Å². The average Bonchev–Trinajstić information content (AvgIpc) is 2.38. The van der Waals surface area contributed by atoms with Crippen molar-refractivity contribution in [3.05, 3.63) is 66.7 Å². The molecule has 0 radical (unpaired) electrons. The van der Waals surface area contributed by atoms with E-state index in [0.29, 0.717) is 0 Å². The molecule has 2 rings (SSSR count). The zero-order valence-electron chi connectivity index (χ0n) is 10.1. The van der Waals surface area contributed by atoms with Gasteiger partial charge in [0.2, 0.25) is 0 Å². The lowest BCUT2D eigenvalue weighted by molar-refractivity contribution is 0.489. The van der Waals surface area contributed by atoms with Crippen LogP contribution < -0.4 is 5.73 Å². The third kappa shape index (κ3) is 2.98. The van der Waals surface area contributed by atoms with Crippen molar-refractivity contribution in [3.63, 3.8) is 0 Å². The number of hydrogen-bond acceptors (Lipinski definition) is 1. The highest BCUT2D eigenvalue weighted by atomic mass is 127. The van der Waals surface area contributed by atoms with Gasteiger partial charge in [0, 0.05) is 13.6 Å². The van der Waals surface area contributed by atoms with Gasteiger partial charge in [0.05, 0.1) is 6.04 Å². The smallest absolute Gasteiger partial charge is 0.164 e. The summed E-state index contributed by atoms with van der Waals surface area (Å²) < 4.78 is 29.3. The van der Waals surface area contributed by atoms with E-state index in [1.165, 1.54) is 19.1 Å². The first kappa shape index (κ1) is 14.9. The maximum Gasteiger partial charge on any atom is 0.164 e. The van der Waals surface area contributed by atoms with Crippen molar-refractivity contribution in [2.45, 2.75) is 13.0 Å². The Bertz CT molecular complexity index is 631. The molecule has 2 aromatic carbocycles. The predicted molar refractivity (Wildman–Crippen MR) is 84.0 cm³/mol. The Labute approximate surface area is 132 Å². The Balaban J connectivity index is 2.53. The lowest BCUT2D eigenvalue weighted by atomic mass is 9.98. The van der Waals surface area contributed by atoms with Gasteiger partial charge in [-0.15, -0.1) is 0 Å². The molecular weight excluding hydrogens is 427 g/mol. The minimum absolute atomic E-state index is 0.158. The molecular formula is C14H11BrF2IN. The molecule has 2 N–H and O–H groups in total. The van der Waals surface area contributed by atoms with Gasteiger partial charge in [-0.05, 0) is 58.8 Å². The van der Waals surface area contributed by atoms with Crippen LogP contribution in [0.2, 0.25) is 0 Å². The molecule has 0 heterocycles. The lowest BCUT2D eigenvalue weighted by Crippen LogP contribution is -2.15. The van der Waals surface area contributed by atoms with Crippen LogP contribution in [0.1, 0.15) is 22.7 Å². The minimum atomic E-state index is -0.877. The van der Waals surface area contributed by atoms with Crippen molar-refractivity contribution < 1.29 is 8.78 Å². The Morgan fingerprint density at radius 1 is 1.11 bits per heavy atom. The SMILES string of the molecule is Cc1ccc(C(N)c2cc(I)ccc2Br)c(F)c1F. The van der Waals surface area contributed by atoms with Gasteiger partial charge in [0.25, 0.3) is 0 Å². The maximum absolute atomic E-state index is 14.0. The van der Waals surface area contributed by atoms with Crippen molar-refractivity contribution in [2.75, 3.05) is 0 Å². The van der Waals surface area contributed by atoms with Gasteiger partial charge in [-0.25, -0.2) is 8.78 Å². The average molecular weight is 438 g/mol. The lowest BCUT2D eigenvalue weighted by Gasteiger charge is -2.16. The summed E-state index contributed by atoms with van der Waals surface area (Å²) in [7, 11) is 0. The number of aryl methyl sites for hydroxylation is 1. The van der Waals surface area contributed by atoms with Crippen LogP contribution in [-0.4, -0.2) is 0 Å². The normalized spacial score (nSPS) is 12.5. The van der Waals surface area contributed by atoms with Crippen molar-refractivity contribution >= 4 is 38.5 Å². The Morgan fingerprint density at radius 2 is 1.79 bits per heavy atom. The molecule has 0 aromatic heterocycles. The predicted octanol–water partition coefficient (Wildman–Crippen LogP) is 4.69. The van der Waals surface area contributed by atoms with E-state index in [1.807, 2.05) is 18.2 Å². The van der Waals surface area contributed by atoms with Crippen molar-refractivity contribution in [3.8, 4) is 0 Å². The standard InChI is InChI=1S/C14H11BrF2IN/c1-7-2-4-9(13(17)12(7)16)14(19)10-6-8(18)3-5-11(10)15/h2-6,14H,19H2,1H3. The van der Waals surface area contributed by atoms with E-state index >= 15 is 0 Å². The molecule has 0 amide bonds. The quantitative estimate of drug-likeness (QED) is 0.678. The monoisotopic (exact) mass is 437 g/mol. The largest absolute Gasteiger partial charge is 0.320 e. The molecule has 0 bridgehead atoms. The number of benzene rings is 2. The summed E-state index contributed by atoms with van der Waals surface area (Å²) in [6.07, 6.45) is 0. The Kier molecular flexibility index (Phi) is 4.58. The summed E-state index contributed by atoms with van der Waals surface area (Å²) in [6.45, 7) is 1.52. The molecule has 0 aliphatic heterocycles. The van der Waals surface area contributed by atoms with E-state index < -0.39 is 17.7 Å². The fourth-order valence-corrected chi connectivity index (χ4v) is 2.83. The van der Waals surface area contributed by atoms with Gasteiger partial charge in [0.1, 0.15) is 0 Å². The molecule has 0 saturated carbocycles. The molecule has 1 unspecified atom stereocenters. The summed E-state index contributed by atoms with van der Waals surface area (Å²) in [5.41, 5.74) is 7.23. The molecule has 2 aromatic rings. The maximum atomic E-state index is 14.0. The van der Waals surface area contributed by atoms with Crippen LogP contribution in [0.25, 0.3) is 0 Å². The Hall–Kier alpha value is -0.530. The second kappa shape index (κ2) is 5.85. The second-order valence-electron chi connectivity index (χ2n) is 4.24. The van der Waals surface area contributed by atoms with Gasteiger partial charge in [0.15, 0.2) is 11.6 Å². The van der Waals surface area contributed by atoms with E-state index in [0.717, 1.165) is 13.6 Å². The number of nitrogens with two attached hydrogens (primary N) is 1. The van der Waals surface area contributed by atoms with Crippen molar-refractivity contribution in [2.24, 2.45) is 5.73 Å². The second-order valence-corrected chi connectivity index (χ2v) is 6.34. The first-order valence-corrected chi connectivity index (χ1v) is 7.44. The first-order chi connectivity index (χ1) is 8.91. The molecule has 0 spiro atoms. The molecule has 0 aliphatic carbocycles. The van der Waals surface area contributed by atoms with Gasteiger partial charge in [-0.2, -0.15) is 0 Å². The molecule has 0 saturated heterocycles. The van der Waals surface area contributed by atoms with Crippen LogP contribution in [-0.2, 0) is 0 Å². The highest BCUT2D eigenvalue weighted by Gasteiger charge is 2.19. The van der Waals surface area contributed by atoms with E-state index in [1.54, 1.807) is 0 Å². The third-order valence-corrected chi connectivity index (χ3v) is 4.33. The van der Waals surface area contributed by atoms with Crippen molar-refractivity contribution in [1.29, 1.82) is 0 Å². The van der Waals surface area contributed by atoms with E-state index in [4.69, 9.17) is 5.73 Å². The summed E-state index contributed by atoms with van der Waals surface area (Å²) in [5.74, 6) is -1.71. The highest BCUT2D eigenvalue weighted by molar-refractivity contribution is 14.1. The zero-order chi connectivity index (χ0) is 14.2. The summed E-state index contributed by atoms with van der Waals surface area (Å²) in [6, 6.07) is 7.97.